The number of anilines is 1. The van der Waals surface area contributed by atoms with E-state index in [0.29, 0.717) is 33.5 Å². The summed E-state index contributed by atoms with van der Waals surface area (Å²) in [6, 6.07) is 16.9. The lowest BCUT2D eigenvalue weighted by atomic mass is 9.96. The van der Waals surface area contributed by atoms with Crippen molar-refractivity contribution in [1.82, 2.24) is 14.8 Å². The number of aromatic nitrogens is 3. The molecule has 1 aromatic carbocycles. The predicted molar refractivity (Wildman–Crippen MR) is 130 cm³/mol. The fourth-order valence-electron chi connectivity index (χ4n) is 3.21. The van der Waals surface area contributed by atoms with E-state index in [9.17, 15) is 9.59 Å². The summed E-state index contributed by atoms with van der Waals surface area (Å²) in [7, 11) is 0. The summed E-state index contributed by atoms with van der Waals surface area (Å²) < 4.78 is 2.11. The number of H-pyrrole nitrogens is 1. The third kappa shape index (κ3) is 4.69. The Bertz CT molecular complexity index is 1320. The van der Waals surface area contributed by atoms with Crippen LogP contribution in [-0.2, 0) is 6.54 Å². The monoisotopic (exact) mass is 466 g/mol. The number of hydrogen-bond donors (Lipinski definition) is 2. The molecule has 4 rings (SSSR count). The average Bonchev–Trinajstić information content (AvgIpc) is 3.38. The Kier molecular flexibility index (Phi) is 6.04. The van der Waals surface area contributed by atoms with Gasteiger partial charge in [0.15, 0.2) is 0 Å². The van der Waals surface area contributed by atoms with Gasteiger partial charge in [0.05, 0.1) is 16.6 Å². The van der Waals surface area contributed by atoms with E-state index in [-0.39, 0.29) is 11.5 Å². The van der Waals surface area contributed by atoms with Crippen LogP contribution in [0.4, 0.5) is 5.82 Å². The first-order valence-electron chi connectivity index (χ1n) is 10.1. The number of hydrogen-bond acceptors (Lipinski definition) is 5. The Labute approximate surface area is 194 Å². The van der Waals surface area contributed by atoms with Crippen LogP contribution in [0.1, 0.15) is 30.4 Å². The second kappa shape index (κ2) is 8.76. The highest BCUT2D eigenvalue weighted by atomic mass is 35.5. The van der Waals surface area contributed by atoms with Gasteiger partial charge in [0.25, 0.3) is 11.5 Å². The largest absolute Gasteiger partial charge is 0.365 e. The van der Waals surface area contributed by atoms with Crippen LogP contribution in [0.3, 0.4) is 0 Å². The second-order valence-corrected chi connectivity index (χ2v) is 10.2. The van der Waals surface area contributed by atoms with Crippen molar-refractivity contribution in [2.75, 3.05) is 5.32 Å². The van der Waals surface area contributed by atoms with Gasteiger partial charge in [-0.3, -0.25) is 9.59 Å². The van der Waals surface area contributed by atoms with Gasteiger partial charge in [0.1, 0.15) is 5.82 Å². The standard InChI is InChI=1S/C24H23ClN4O2S/c1-24(2,3)23(31)29-21(26-14-17-9-10-20(25)32-17)12-19(28-29)16-11-18(22(30)27-13-16)15-7-5-4-6-8-15/h4-13,26H,14H2,1-3H3,(H,27,30). The summed E-state index contributed by atoms with van der Waals surface area (Å²) in [4.78, 5) is 29.3. The zero-order valence-corrected chi connectivity index (χ0v) is 19.6. The minimum Gasteiger partial charge on any atom is -0.365 e. The fourth-order valence-corrected chi connectivity index (χ4v) is 4.24. The minimum absolute atomic E-state index is 0.136. The van der Waals surface area contributed by atoms with Crippen molar-refractivity contribution < 1.29 is 4.79 Å². The van der Waals surface area contributed by atoms with Crippen molar-refractivity contribution in [2.45, 2.75) is 27.3 Å². The van der Waals surface area contributed by atoms with Crippen LogP contribution in [-0.4, -0.2) is 20.7 Å². The third-order valence-electron chi connectivity index (χ3n) is 4.90. The van der Waals surface area contributed by atoms with E-state index in [1.165, 1.54) is 16.0 Å². The highest BCUT2D eigenvalue weighted by molar-refractivity contribution is 7.16. The number of carbonyl (C=O) groups excluding carboxylic acids is 1. The first-order valence-corrected chi connectivity index (χ1v) is 11.3. The lowest BCUT2D eigenvalue weighted by molar-refractivity contribution is 0.0752. The molecule has 0 radical (unpaired) electrons. The molecule has 0 saturated heterocycles. The molecule has 8 heteroatoms. The van der Waals surface area contributed by atoms with Crippen LogP contribution in [0.2, 0.25) is 4.34 Å². The quantitative estimate of drug-likeness (QED) is 0.382. The fraction of sp³-hybridized carbons (Fsp3) is 0.208. The number of carbonyl (C=O) groups is 1. The predicted octanol–water partition coefficient (Wildman–Crippen LogP) is 5.92. The van der Waals surface area contributed by atoms with Gasteiger partial charge < -0.3 is 10.3 Å². The smallest absolute Gasteiger partial charge is 0.255 e. The molecule has 0 aliphatic carbocycles. The first kappa shape index (κ1) is 22.0. The SMILES string of the molecule is CC(C)(C)C(=O)n1nc(-c2c[nH]c(=O)c(-c3ccccc3)c2)cc1NCc1ccc(Cl)s1. The van der Waals surface area contributed by atoms with Gasteiger partial charge in [0, 0.05) is 33.7 Å². The molecular weight excluding hydrogens is 444 g/mol. The van der Waals surface area contributed by atoms with Gasteiger partial charge in [-0.05, 0) is 23.8 Å². The van der Waals surface area contributed by atoms with Gasteiger partial charge >= 0.3 is 0 Å². The molecule has 164 valence electrons. The van der Waals surface area contributed by atoms with Gasteiger partial charge in [-0.2, -0.15) is 9.78 Å². The Hall–Kier alpha value is -3.16. The van der Waals surface area contributed by atoms with Crippen molar-refractivity contribution >= 4 is 34.7 Å². The van der Waals surface area contributed by atoms with Gasteiger partial charge in [-0.25, -0.2) is 0 Å². The van der Waals surface area contributed by atoms with Crippen LogP contribution >= 0.6 is 22.9 Å². The lowest BCUT2D eigenvalue weighted by Gasteiger charge is -2.18. The molecule has 32 heavy (non-hydrogen) atoms. The van der Waals surface area contributed by atoms with E-state index in [1.54, 1.807) is 12.3 Å². The molecular formula is C24H23ClN4O2S. The molecule has 3 heterocycles. The zero-order valence-electron chi connectivity index (χ0n) is 18.0. The van der Waals surface area contributed by atoms with Crippen molar-refractivity contribution in [3.8, 4) is 22.4 Å². The second-order valence-electron chi connectivity index (χ2n) is 8.44. The highest BCUT2D eigenvalue weighted by Gasteiger charge is 2.27. The number of thiophene rings is 1. The molecule has 2 N–H and O–H groups in total. The topological polar surface area (TPSA) is 79.8 Å². The van der Waals surface area contributed by atoms with Gasteiger partial charge in [-0.15, -0.1) is 11.3 Å². The van der Waals surface area contributed by atoms with Crippen LogP contribution < -0.4 is 10.9 Å². The van der Waals surface area contributed by atoms with E-state index in [1.807, 2.05) is 69.3 Å². The summed E-state index contributed by atoms with van der Waals surface area (Å²) in [6.45, 7) is 6.08. The zero-order chi connectivity index (χ0) is 22.9. The van der Waals surface area contributed by atoms with E-state index in [0.717, 1.165) is 10.4 Å². The third-order valence-corrected chi connectivity index (χ3v) is 6.13. The summed E-state index contributed by atoms with van der Waals surface area (Å²) in [5.41, 5.74) is 1.86. The van der Waals surface area contributed by atoms with E-state index < -0.39 is 5.41 Å². The van der Waals surface area contributed by atoms with Crippen molar-refractivity contribution in [3.63, 3.8) is 0 Å². The number of nitrogens with zero attached hydrogens (tertiary/aromatic N) is 2. The molecule has 6 nitrogen and oxygen atoms in total. The summed E-state index contributed by atoms with van der Waals surface area (Å²) >= 11 is 7.52. The van der Waals surface area contributed by atoms with Crippen molar-refractivity contribution in [2.24, 2.45) is 5.41 Å². The van der Waals surface area contributed by atoms with Gasteiger partial charge in [-0.1, -0.05) is 62.7 Å². The minimum atomic E-state index is -0.619. The number of nitrogens with one attached hydrogen (secondary N) is 2. The van der Waals surface area contributed by atoms with E-state index in [4.69, 9.17) is 11.6 Å². The van der Waals surface area contributed by atoms with Crippen LogP contribution in [0, 0.1) is 5.41 Å². The Balaban J connectivity index is 1.74. The molecule has 0 fully saturated rings. The summed E-state index contributed by atoms with van der Waals surface area (Å²) in [6.07, 6.45) is 1.62. The number of aromatic amines is 1. The summed E-state index contributed by atoms with van der Waals surface area (Å²) in [5.74, 6) is 0.445. The number of halogens is 1. The Morgan fingerprint density at radius 1 is 1.12 bits per heavy atom. The maximum absolute atomic E-state index is 13.1. The average molecular weight is 467 g/mol. The van der Waals surface area contributed by atoms with Crippen LogP contribution in [0.15, 0.2) is 65.6 Å². The molecule has 0 atom stereocenters. The number of rotatable bonds is 5. The normalized spacial score (nSPS) is 11.5. The van der Waals surface area contributed by atoms with Crippen LogP contribution in [0.5, 0.6) is 0 Å². The molecule has 0 unspecified atom stereocenters. The molecule has 0 amide bonds. The molecule has 0 aliphatic heterocycles. The molecule has 0 spiro atoms. The molecule has 0 saturated carbocycles. The first-order chi connectivity index (χ1) is 15.2. The molecule has 4 aromatic rings. The van der Waals surface area contributed by atoms with Gasteiger partial charge in [0.2, 0.25) is 0 Å². The summed E-state index contributed by atoms with van der Waals surface area (Å²) in [5, 5.41) is 7.89. The highest BCUT2D eigenvalue weighted by Crippen LogP contribution is 2.28. The number of pyridine rings is 1. The molecule has 0 bridgehead atoms. The van der Waals surface area contributed by atoms with Crippen molar-refractivity contribution in [1.29, 1.82) is 0 Å². The molecule has 0 aliphatic rings. The van der Waals surface area contributed by atoms with Crippen molar-refractivity contribution in [3.05, 3.63) is 80.4 Å². The molecule has 3 aromatic heterocycles. The number of benzene rings is 1. The maximum Gasteiger partial charge on any atom is 0.255 e. The maximum atomic E-state index is 13.1. The Morgan fingerprint density at radius 2 is 1.88 bits per heavy atom. The lowest BCUT2D eigenvalue weighted by Crippen LogP contribution is -2.28. The Morgan fingerprint density at radius 3 is 2.53 bits per heavy atom. The van der Waals surface area contributed by atoms with Crippen LogP contribution in [0.25, 0.3) is 22.4 Å². The van der Waals surface area contributed by atoms with E-state index in [2.05, 4.69) is 15.4 Å². The van der Waals surface area contributed by atoms with E-state index >= 15 is 0 Å².